The number of ether oxygens (including phenoxy) is 6. The van der Waals surface area contributed by atoms with Crippen molar-refractivity contribution >= 4 is 11.8 Å². The predicted octanol–water partition coefficient (Wildman–Crippen LogP) is 5.71. The number of aliphatic carboxylic acids is 1. The second-order valence-electron chi connectivity index (χ2n) is 11.5. The van der Waals surface area contributed by atoms with Gasteiger partial charge < -0.3 is 33.5 Å². The van der Waals surface area contributed by atoms with Crippen molar-refractivity contribution in [3.63, 3.8) is 0 Å². The number of hydrogen-bond acceptors (Lipinski definition) is 8. The minimum absolute atomic E-state index is 0.136. The van der Waals surface area contributed by atoms with Gasteiger partial charge in [0.2, 0.25) is 6.29 Å². The molecule has 0 amide bonds. The maximum absolute atomic E-state index is 13.3. The Kier molecular flexibility index (Phi) is 11.6. The minimum atomic E-state index is -0.797. The van der Waals surface area contributed by atoms with Crippen LogP contribution in [0.1, 0.15) is 76.2 Å². The molecule has 9 nitrogen and oxygen atoms in total. The molecule has 1 saturated carbocycles. The number of ketones is 1. The zero-order valence-corrected chi connectivity index (χ0v) is 24.3. The Bertz CT molecular complexity index is 1070. The SMILES string of the molecule is O=C(O)CCC/C=C\C[C@H]1C(=O)C[C@@H](OC2CCCCO2)[C@@H]1/C=C/[C@@H](OC1CCCCO1)C1OCc2ccccc2O1. The Hall–Kier alpha value is -2.56. The van der Waals surface area contributed by atoms with Gasteiger partial charge in [-0.2, -0.15) is 0 Å². The molecule has 42 heavy (non-hydrogen) atoms. The molecule has 2 saturated heterocycles. The molecule has 0 aromatic heterocycles. The molecule has 9 heteroatoms. The molecule has 230 valence electrons. The summed E-state index contributed by atoms with van der Waals surface area (Å²) in [4.78, 5) is 24.1. The molecule has 7 atom stereocenters. The van der Waals surface area contributed by atoms with Crippen molar-refractivity contribution in [1.29, 1.82) is 0 Å². The van der Waals surface area contributed by atoms with Gasteiger partial charge in [-0.15, -0.1) is 0 Å². The lowest BCUT2D eigenvalue weighted by molar-refractivity contribution is -0.236. The standard InChI is InChI=1S/C33H44O9/c34-26-21-29(41-32-16-8-10-20-38-32)25(24(26)12-3-1-2-4-14-30(35)36)17-18-28(40-31-15-7-9-19-37-31)33-39-22-23-11-5-6-13-27(23)42-33/h1,3,5-6,11,13,17-18,24-25,28-29,31-33H,2,4,7-10,12,14-16,19-22H2,(H,35,36)/b3-1-,18-17+/t24-,25-,28-,29-,31?,32?,33?/m1/s1. The fourth-order valence-electron chi connectivity index (χ4n) is 6.05. The summed E-state index contributed by atoms with van der Waals surface area (Å²) in [7, 11) is 0. The van der Waals surface area contributed by atoms with Crippen LogP contribution >= 0.6 is 0 Å². The van der Waals surface area contributed by atoms with Crippen LogP contribution in [0.4, 0.5) is 0 Å². The molecule has 3 aliphatic heterocycles. The molecule has 3 fully saturated rings. The number of carbonyl (C=O) groups is 2. The number of unbranched alkanes of at least 4 members (excludes halogenated alkanes) is 1. The highest BCUT2D eigenvalue weighted by Crippen LogP contribution is 2.38. The number of Topliss-reactive ketones (excluding diaryl/α,β-unsaturated/α-hetero) is 1. The van der Waals surface area contributed by atoms with Gasteiger partial charge in [0, 0.05) is 43.5 Å². The summed E-state index contributed by atoms with van der Waals surface area (Å²) >= 11 is 0. The summed E-state index contributed by atoms with van der Waals surface area (Å²) < 4.78 is 36.9. The summed E-state index contributed by atoms with van der Waals surface area (Å²) in [6.45, 7) is 1.75. The maximum Gasteiger partial charge on any atom is 0.303 e. The molecule has 1 aromatic rings. The van der Waals surface area contributed by atoms with Gasteiger partial charge in [0.15, 0.2) is 12.6 Å². The van der Waals surface area contributed by atoms with Crippen LogP contribution < -0.4 is 4.74 Å². The third-order valence-corrected chi connectivity index (χ3v) is 8.35. The van der Waals surface area contributed by atoms with Crippen LogP contribution in [0.25, 0.3) is 0 Å². The number of carboxylic acids is 1. The van der Waals surface area contributed by atoms with Crippen LogP contribution in [0.15, 0.2) is 48.6 Å². The van der Waals surface area contributed by atoms with Crippen molar-refractivity contribution in [2.24, 2.45) is 11.8 Å². The predicted molar refractivity (Wildman–Crippen MR) is 154 cm³/mol. The lowest BCUT2D eigenvalue weighted by atomic mass is 9.90. The molecule has 1 aliphatic carbocycles. The second-order valence-corrected chi connectivity index (χ2v) is 11.5. The number of carboxylic acid groups (broad SMARTS) is 1. The summed E-state index contributed by atoms with van der Waals surface area (Å²) in [6, 6.07) is 7.83. The fraction of sp³-hybridized carbons (Fsp3) is 0.636. The molecule has 5 rings (SSSR count). The maximum atomic E-state index is 13.3. The normalized spacial score (nSPS) is 30.8. The smallest absolute Gasteiger partial charge is 0.303 e. The average Bonchev–Trinajstić information content (AvgIpc) is 3.30. The zero-order chi connectivity index (χ0) is 29.1. The molecule has 1 N–H and O–H groups in total. The van der Waals surface area contributed by atoms with Gasteiger partial charge in [-0.25, -0.2) is 0 Å². The van der Waals surface area contributed by atoms with Crippen LogP contribution in [0, 0.1) is 11.8 Å². The fourth-order valence-corrected chi connectivity index (χ4v) is 6.05. The highest BCUT2D eigenvalue weighted by molar-refractivity contribution is 5.85. The number of rotatable bonds is 13. The van der Waals surface area contributed by atoms with Crippen LogP contribution in [0.5, 0.6) is 5.75 Å². The van der Waals surface area contributed by atoms with Crippen LogP contribution in [-0.2, 0) is 39.9 Å². The first-order chi connectivity index (χ1) is 20.6. The van der Waals surface area contributed by atoms with Crippen molar-refractivity contribution in [3.8, 4) is 5.75 Å². The van der Waals surface area contributed by atoms with Crippen LogP contribution in [0.2, 0.25) is 0 Å². The lowest BCUT2D eigenvalue weighted by Gasteiger charge is -2.34. The zero-order valence-electron chi connectivity index (χ0n) is 24.3. The lowest BCUT2D eigenvalue weighted by Crippen LogP contribution is -2.41. The molecule has 4 aliphatic rings. The number of para-hydroxylation sites is 1. The summed E-state index contributed by atoms with van der Waals surface area (Å²) in [5.74, 6) is -0.299. The molecule has 1 aromatic carbocycles. The molecular formula is C33H44O9. The van der Waals surface area contributed by atoms with E-state index in [9.17, 15) is 9.59 Å². The van der Waals surface area contributed by atoms with Crippen LogP contribution in [0.3, 0.4) is 0 Å². The molecule has 3 unspecified atom stereocenters. The molecular weight excluding hydrogens is 540 g/mol. The first-order valence-electron chi connectivity index (χ1n) is 15.5. The highest BCUT2D eigenvalue weighted by Gasteiger charge is 2.43. The highest BCUT2D eigenvalue weighted by atomic mass is 16.7. The van der Waals surface area contributed by atoms with Gasteiger partial charge in [0.1, 0.15) is 17.6 Å². The Morgan fingerprint density at radius 2 is 1.81 bits per heavy atom. The molecule has 3 heterocycles. The van der Waals surface area contributed by atoms with Gasteiger partial charge in [-0.1, -0.05) is 42.5 Å². The number of fused-ring (bicyclic) bond motifs is 1. The molecule has 0 bridgehead atoms. The van der Waals surface area contributed by atoms with E-state index in [0.29, 0.717) is 45.5 Å². The van der Waals surface area contributed by atoms with E-state index < -0.39 is 18.4 Å². The van der Waals surface area contributed by atoms with Gasteiger partial charge in [0.25, 0.3) is 0 Å². The molecule has 0 radical (unpaired) electrons. The Balaban J connectivity index is 1.32. The number of benzene rings is 1. The Morgan fingerprint density at radius 3 is 2.57 bits per heavy atom. The average molecular weight is 585 g/mol. The summed E-state index contributed by atoms with van der Waals surface area (Å²) in [5.41, 5.74) is 0.989. The number of allylic oxidation sites excluding steroid dienone is 2. The van der Waals surface area contributed by atoms with Gasteiger partial charge in [0.05, 0.1) is 12.7 Å². The first-order valence-corrected chi connectivity index (χ1v) is 15.5. The third kappa shape index (κ3) is 8.74. The van der Waals surface area contributed by atoms with Crippen molar-refractivity contribution in [2.45, 2.75) is 108 Å². The summed E-state index contributed by atoms with van der Waals surface area (Å²) in [6.07, 6.45) is 13.8. The van der Waals surface area contributed by atoms with E-state index in [2.05, 4.69) is 0 Å². The largest absolute Gasteiger partial charge is 0.481 e. The van der Waals surface area contributed by atoms with Crippen molar-refractivity contribution in [2.75, 3.05) is 13.2 Å². The van der Waals surface area contributed by atoms with Crippen LogP contribution in [-0.4, -0.2) is 61.2 Å². The third-order valence-electron chi connectivity index (χ3n) is 8.35. The van der Waals surface area contributed by atoms with E-state index in [1.165, 1.54) is 0 Å². The number of carbonyl (C=O) groups excluding carboxylic acids is 1. The van der Waals surface area contributed by atoms with Gasteiger partial charge in [-0.05, 0) is 63.9 Å². The number of hydrogen-bond donors (Lipinski definition) is 1. The minimum Gasteiger partial charge on any atom is -0.481 e. The van der Waals surface area contributed by atoms with E-state index in [-0.39, 0.29) is 42.7 Å². The van der Waals surface area contributed by atoms with E-state index in [1.807, 2.05) is 48.6 Å². The van der Waals surface area contributed by atoms with Crippen molar-refractivity contribution in [1.82, 2.24) is 0 Å². The summed E-state index contributed by atoms with van der Waals surface area (Å²) in [5, 5.41) is 8.89. The Morgan fingerprint density at radius 1 is 1.02 bits per heavy atom. The first kappa shape index (κ1) is 30.9. The quantitative estimate of drug-likeness (QED) is 0.230. The molecule has 0 spiro atoms. The van der Waals surface area contributed by atoms with E-state index in [4.69, 9.17) is 33.5 Å². The van der Waals surface area contributed by atoms with Gasteiger partial charge >= 0.3 is 5.97 Å². The Labute approximate surface area is 248 Å². The van der Waals surface area contributed by atoms with E-state index in [0.717, 1.165) is 49.8 Å². The van der Waals surface area contributed by atoms with E-state index >= 15 is 0 Å². The van der Waals surface area contributed by atoms with E-state index in [1.54, 1.807) is 0 Å². The van der Waals surface area contributed by atoms with Gasteiger partial charge in [-0.3, -0.25) is 9.59 Å². The van der Waals surface area contributed by atoms with Crippen molar-refractivity contribution < 1.29 is 43.1 Å². The topological polar surface area (TPSA) is 110 Å². The van der Waals surface area contributed by atoms with Crippen molar-refractivity contribution in [3.05, 3.63) is 54.1 Å². The second kappa shape index (κ2) is 15.8. The monoisotopic (exact) mass is 584 g/mol.